The maximum absolute atomic E-state index is 11.0. The van der Waals surface area contributed by atoms with Crippen molar-refractivity contribution in [3.8, 4) is 0 Å². The van der Waals surface area contributed by atoms with Gasteiger partial charge in [0, 0.05) is 25.6 Å². The second-order valence-electron chi connectivity index (χ2n) is 4.98. The summed E-state index contributed by atoms with van der Waals surface area (Å²) in [6.45, 7) is 2.87. The van der Waals surface area contributed by atoms with Crippen LogP contribution in [0.4, 0.5) is 0 Å². The summed E-state index contributed by atoms with van der Waals surface area (Å²) in [7, 11) is 2.08. The number of rotatable bonds is 3. The Balaban J connectivity index is 1.94. The molecule has 3 rings (SSSR count). The smallest absolute Gasteiger partial charge is 0.337 e. The minimum atomic E-state index is -1.05. The molecule has 19 heavy (non-hydrogen) atoms. The number of nitrogens with zero attached hydrogens (tertiary/aromatic N) is 4. The van der Waals surface area contributed by atoms with Gasteiger partial charge in [-0.3, -0.25) is 0 Å². The summed E-state index contributed by atoms with van der Waals surface area (Å²) < 4.78 is 1.80. The van der Waals surface area contributed by atoms with Gasteiger partial charge < -0.3 is 10.0 Å². The molecule has 1 aromatic heterocycles. The minimum Gasteiger partial charge on any atom is -0.478 e. The van der Waals surface area contributed by atoms with Crippen LogP contribution in [0, 0.1) is 5.92 Å². The highest BCUT2D eigenvalue weighted by atomic mass is 35.5. The van der Waals surface area contributed by atoms with Gasteiger partial charge in [-0.25, -0.2) is 9.48 Å². The van der Waals surface area contributed by atoms with Crippen LogP contribution in [-0.4, -0.2) is 51.1 Å². The number of carbonyl (C=O) groups is 1. The highest BCUT2D eigenvalue weighted by molar-refractivity contribution is 6.34. The molecule has 0 saturated carbocycles. The maximum atomic E-state index is 11.0. The average Bonchev–Trinajstić information content (AvgIpc) is 2.68. The van der Waals surface area contributed by atoms with E-state index >= 15 is 0 Å². The summed E-state index contributed by atoms with van der Waals surface area (Å²) in [6, 6.07) is 3.10. The number of carboxylic acids is 1. The van der Waals surface area contributed by atoms with E-state index in [0.717, 1.165) is 25.2 Å². The molecule has 1 fully saturated rings. The van der Waals surface area contributed by atoms with Crippen molar-refractivity contribution < 1.29 is 9.90 Å². The first-order valence-electron chi connectivity index (χ1n) is 5.99. The van der Waals surface area contributed by atoms with Crippen molar-refractivity contribution in [2.24, 2.45) is 5.92 Å². The second kappa shape index (κ2) is 4.47. The van der Waals surface area contributed by atoms with Gasteiger partial charge in [0.15, 0.2) is 0 Å². The zero-order valence-electron chi connectivity index (χ0n) is 10.4. The van der Waals surface area contributed by atoms with Gasteiger partial charge in [0.25, 0.3) is 0 Å². The molecule has 0 bridgehead atoms. The first kappa shape index (κ1) is 12.4. The van der Waals surface area contributed by atoms with E-state index in [4.69, 9.17) is 16.7 Å². The Kier molecular flexibility index (Phi) is 2.91. The number of aromatic carboxylic acids is 1. The molecule has 1 aliphatic rings. The topological polar surface area (TPSA) is 71.2 Å². The fraction of sp³-hybridized carbons (Fsp3) is 0.417. The third kappa shape index (κ3) is 2.17. The van der Waals surface area contributed by atoms with Crippen molar-refractivity contribution in [2.75, 3.05) is 20.1 Å². The van der Waals surface area contributed by atoms with Gasteiger partial charge >= 0.3 is 5.97 Å². The lowest BCUT2D eigenvalue weighted by atomic mass is 10.0. The van der Waals surface area contributed by atoms with Crippen molar-refractivity contribution >= 4 is 28.6 Å². The Morgan fingerprint density at radius 1 is 1.53 bits per heavy atom. The van der Waals surface area contributed by atoms with E-state index in [-0.39, 0.29) is 10.6 Å². The number of likely N-dealkylation sites (tertiary alicyclic amines) is 1. The third-order valence-electron chi connectivity index (χ3n) is 3.40. The Bertz CT molecular complexity index is 648. The lowest BCUT2D eigenvalue weighted by Gasteiger charge is -2.35. The molecule has 0 radical (unpaired) electrons. The van der Waals surface area contributed by atoms with Crippen molar-refractivity contribution in [3.63, 3.8) is 0 Å². The Morgan fingerprint density at radius 3 is 2.89 bits per heavy atom. The number of fused-ring (bicyclic) bond motifs is 1. The summed E-state index contributed by atoms with van der Waals surface area (Å²) in [6.07, 6.45) is 0. The SMILES string of the molecule is CN1CC(Cn2nnc3cc(C(=O)O)c(Cl)cc32)C1. The fourth-order valence-corrected chi connectivity index (χ4v) is 2.71. The molecule has 7 heteroatoms. The van der Waals surface area contributed by atoms with Crippen LogP contribution in [0.3, 0.4) is 0 Å². The van der Waals surface area contributed by atoms with Crippen molar-refractivity contribution in [1.82, 2.24) is 19.9 Å². The first-order valence-corrected chi connectivity index (χ1v) is 6.37. The molecule has 100 valence electrons. The average molecular weight is 281 g/mol. The molecule has 2 heterocycles. The highest BCUT2D eigenvalue weighted by Gasteiger charge is 2.24. The molecular weight excluding hydrogens is 268 g/mol. The van der Waals surface area contributed by atoms with Crippen molar-refractivity contribution in [2.45, 2.75) is 6.54 Å². The Hall–Kier alpha value is -1.66. The summed E-state index contributed by atoms with van der Waals surface area (Å²) in [4.78, 5) is 13.2. The summed E-state index contributed by atoms with van der Waals surface area (Å²) in [5.74, 6) is -0.491. The zero-order valence-corrected chi connectivity index (χ0v) is 11.1. The fourth-order valence-electron chi connectivity index (χ4n) is 2.48. The molecule has 0 atom stereocenters. The van der Waals surface area contributed by atoms with Crippen LogP contribution in [0.5, 0.6) is 0 Å². The number of hydrogen-bond donors (Lipinski definition) is 1. The van der Waals surface area contributed by atoms with E-state index < -0.39 is 5.97 Å². The van der Waals surface area contributed by atoms with Crippen molar-refractivity contribution in [3.05, 3.63) is 22.7 Å². The van der Waals surface area contributed by atoms with E-state index in [0.29, 0.717) is 11.4 Å². The Morgan fingerprint density at radius 2 is 2.26 bits per heavy atom. The van der Waals surface area contributed by atoms with Crippen LogP contribution >= 0.6 is 11.6 Å². The Labute approximate surface area is 114 Å². The molecule has 0 unspecified atom stereocenters. The minimum absolute atomic E-state index is 0.0598. The molecule has 1 aromatic carbocycles. The van der Waals surface area contributed by atoms with E-state index in [1.165, 1.54) is 6.07 Å². The molecule has 2 aromatic rings. The van der Waals surface area contributed by atoms with Crippen LogP contribution < -0.4 is 0 Å². The predicted molar refractivity (Wildman–Crippen MR) is 70.5 cm³/mol. The summed E-state index contributed by atoms with van der Waals surface area (Å²) in [5, 5.41) is 17.3. The molecule has 1 saturated heterocycles. The van der Waals surface area contributed by atoms with E-state index in [9.17, 15) is 4.79 Å². The predicted octanol–water partition coefficient (Wildman–Crippen LogP) is 1.34. The molecule has 1 aliphatic heterocycles. The van der Waals surface area contributed by atoms with Crippen LogP contribution in [0.2, 0.25) is 5.02 Å². The molecule has 1 N–H and O–H groups in total. The molecule has 0 spiro atoms. The number of carboxylic acid groups (broad SMARTS) is 1. The monoisotopic (exact) mass is 280 g/mol. The normalized spacial score (nSPS) is 16.7. The van der Waals surface area contributed by atoms with Gasteiger partial charge in [-0.2, -0.15) is 0 Å². The largest absolute Gasteiger partial charge is 0.478 e. The molecular formula is C12H13ClN4O2. The molecule has 0 aliphatic carbocycles. The van der Waals surface area contributed by atoms with Crippen LogP contribution in [0.1, 0.15) is 10.4 Å². The van der Waals surface area contributed by atoms with Crippen LogP contribution in [-0.2, 0) is 6.54 Å². The molecule has 6 nitrogen and oxygen atoms in total. The lowest BCUT2D eigenvalue weighted by Crippen LogP contribution is -2.45. The first-order chi connectivity index (χ1) is 9.04. The van der Waals surface area contributed by atoms with Gasteiger partial charge in [-0.1, -0.05) is 16.8 Å². The summed E-state index contributed by atoms with van der Waals surface area (Å²) >= 11 is 5.98. The van der Waals surface area contributed by atoms with E-state index in [1.54, 1.807) is 10.7 Å². The third-order valence-corrected chi connectivity index (χ3v) is 3.72. The van der Waals surface area contributed by atoms with Gasteiger partial charge in [0.2, 0.25) is 0 Å². The van der Waals surface area contributed by atoms with Gasteiger partial charge in [-0.05, 0) is 19.2 Å². The number of hydrogen-bond acceptors (Lipinski definition) is 4. The standard InChI is InChI=1S/C12H13ClN4O2/c1-16-4-7(5-16)6-17-11-3-9(13)8(12(18)19)2-10(11)14-15-17/h2-3,7H,4-6H2,1H3,(H,18,19). The van der Waals surface area contributed by atoms with Crippen LogP contribution in [0.15, 0.2) is 12.1 Å². The number of aromatic nitrogens is 3. The van der Waals surface area contributed by atoms with Gasteiger partial charge in [0.05, 0.1) is 16.1 Å². The van der Waals surface area contributed by atoms with E-state index in [2.05, 4.69) is 22.3 Å². The molecule has 0 amide bonds. The zero-order chi connectivity index (χ0) is 13.6. The lowest BCUT2D eigenvalue weighted by molar-refractivity contribution is 0.0697. The number of halogens is 1. The van der Waals surface area contributed by atoms with Gasteiger partial charge in [0.1, 0.15) is 5.52 Å². The highest BCUT2D eigenvalue weighted by Crippen LogP contribution is 2.24. The van der Waals surface area contributed by atoms with Gasteiger partial charge in [-0.15, -0.1) is 5.10 Å². The quantitative estimate of drug-likeness (QED) is 0.919. The number of benzene rings is 1. The second-order valence-corrected chi connectivity index (χ2v) is 5.39. The van der Waals surface area contributed by atoms with Crippen LogP contribution in [0.25, 0.3) is 11.0 Å². The summed E-state index contributed by atoms with van der Waals surface area (Å²) in [5.41, 5.74) is 1.41. The van der Waals surface area contributed by atoms with Crippen molar-refractivity contribution in [1.29, 1.82) is 0 Å². The maximum Gasteiger partial charge on any atom is 0.337 e. The van der Waals surface area contributed by atoms with E-state index in [1.807, 2.05) is 0 Å².